The number of aliphatic hydroxyl groups excluding tert-OH is 1. The first-order valence-electron chi connectivity index (χ1n) is 11.5. The zero-order chi connectivity index (χ0) is 24.0. The smallest absolute Gasteiger partial charge is 0.303 e. The fraction of sp³-hybridized carbons (Fsp3) is 0.407. The highest BCUT2D eigenvalue weighted by atomic mass is 19.1. The van der Waals surface area contributed by atoms with Crippen LogP contribution in [0.5, 0.6) is 0 Å². The Morgan fingerprint density at radius 3 is 2.42 bits per heavy atom. The van der Waals surface area contributed by atoms with Crippen molar-refractivity contribution in [3.63, 3.8) is 0 Å². The van der Waals surface area contributed by atoms with Crippen molar-refractivity contribution in [3.8, 4) is 0 Å². The maximum Gasteiger partial charge on any atom is 0.303 e. The van der Waals surface area contributed by atoms with Gasteiger partial charge >= 0.3 is 5.97 Å². The minimum absolute atomic E-state index is 0.0541. The maximum absolute atomic E-state index is 13.1. The molecular weight excluding hydrogens is 421 g/mol. The fourth-order valence-electron chi connectivity index (χ4n) is 4.42. The van der Waals surface area contributed by atoms with E-state index in [-0.39, 0.29) is 30.9 Å². The molecule has 2 aromatic carbocycles. The van der Waals surface area contributed by atoms with Crippen LogP contribution in [0.3, 0.4) is 0 Å². The number of carbonyl (C=O) groups is 2. The molecule has 0 aliphatic rings. The van der Waals surface area contributed by atoms with Crippen molar-refractivity contribution in [2.75, 3.05) is 0 Å². The van der Waals surface area contributed by atoms with Crippen molar-refractivity contribution in [1.29, 1.82) is 0 Å². The Bertz CT molecular complexity index is 1120. The van der Waals surface area contributed by atoms with E-state index >= 15 is 0 Å². The van der Waals surface area contributed by atoms with Crippen LogP contribution in [0.25, 0.3) is 10.9 Å². The molecule has 6 heteroatoms. The van der Waals surface area contributed by atoms with Gasteiger partial charge in [0.25, 0.3) is 0 Å². The summed E-state index contributed by atoms with van der Waals surface area (Å²) in [7, 11) is 1.86. The Balaban J connectivity index is 1.70. The number of carboxylic acids is 1. The monoisotopic (exact) mass is 453 g/mol. The summed E-state index contributed by atoms with van der Waals surface area (Å²) in [6.07, 6.45) is 3.61. The van der Waals surface area contributed by atoms with Crippen LogP contribution in [-0.4, -0.2) is 26.5 Å². The number of rotatable bonds is 12. The van der Waals surface area contributed by atoms with E-state index in [9.17, 15) is 19.1 Å². The van der Waals surface area contributed by atoms with E-state index in [4.69, 9.17) is 5.11 Å². The van der Waals surface area contributed by atoms with Gasteiger partial charge in [-0.15, -0.1) is 0 Å². The number of nitrogens with zero attached hydrogens (tertiary/aromatic N) is 1. The van der Waals surface area contributed by atoms with E-state index in [0.29, 0.717) is 17.7 Å². The first kappa shape index (κ1) is 24.6. The minimum atomic E-state index is -0.919. The molecule has 176 valence electrons. The average molecular weight is 454 g/mol. The number of carboxylic acid groups (broad SMARTS) is 1. The normalized spacial score (nSPS) is 12.2. The predicted octanol–water partition coefficient (Wildman–Crippen LogP) is 5.90. The Morgan fingerprint density at radius 1 is 1.00 bits per heavy atom. The molecule has 0 saturated carbocycles. The van der Waals surface area contributed by atoms with Gasteiger partial charge < -0.3 is 14.8 Å². The molecule has 0 bridgehead atoms. The zero-order valence-corrected chi connectivity index (χ0v) is 19.3. The molecule has 0 aliphatic carbocycles. The molecule has 1 unspecified atom stereocenters. The maximum atomic E-state index is 13.1. The largest absolute Gasteiger partial charge is 0.481 e. The topological polar surface area (TPSA) is 79.5 Å². The van der Waals surface area contributed by atoms with E-state index in [1.165, 1.54) is 12.1 Å². The number of carbonyl (C=O) groups excluding carboxylic acids is 1. The third kappa shape index (κ3) is 6.29. The summed E-state index contributed by atoms with van der Waals surface area (Å²) >= 11 is 0. The van der Waals surface area contributed by atoms with Gasteiger partial charge in [-0.25, -0.2) is 4.39 Å². The highest BCUT2D eigenvalue weighted by Crippen LogP contribution is 2.34. The quantitative estimate of drug-likeness (QED) is 0.264. The van der Waals surface area contributed by atoms with Crippen LogP contribution in [0.1, 0.15) is 78.2 Å². The second-order valence-corrected chi connectivity index (χ2v) is 8.75. The van der Waals surface area contributed by atoms with Crippen LogP contribution >= 0.6 is 0 Å². The van der Waals surface area contributed by atoms with Crippen molar-refractivity contribution < 1.29 is 24.2 Å². The molecule has 1 aromatic heterocycles. The highest BCUT2D eigenvalue weighted by Gasteiger charge is 2.25. The van der Waals surface area contributed by atoms with Crippen LogP contribution in [0, 0.1) is 12.7 Å². The molecule has 3 rings (SSSR count). The Kier molecular flexibility index (Phi) is 8.39. The molecular formula is C27H32FNO4. The molecule has 33 heavy (non-hydrogen) atoms. The molecule has 1 atom stereocenters. The van der Waals surface area contributed by atoms with Crippen LogP contribution in [0.15, 0.2) is 42.5 Å². The standard InChI is InChI=1S/C27H32FNO4/c1-18-11-16-22-21(17-18)26(23(30)9-6-10-25(32)33)27(29(22)2)24(31)8-5-3-4-7-19-12-14-20(28)15-13-19/h11-17,24,31H,3-10H2,1-2H3,(H,32,33). The molecule has 1 heterocycles. The van der Waals surface area contributed by atoms with Gasteiger partial charge in [0, 0.05) is 36.4 Å². The zero-order valence-electron chi connectivity index (χ0n) is 19.3. The van der Waals surface area contributed by atoms with Crippen molar-refractivity contribution in [3.05, 3.63) is 70.7 Å². The number of benzene rings is 2. The lowest BCUT2D eigenvalue weighted by Gasteiger charge is -2.15. The van der Waals surface area contributed by atoms with Crippen LogP contribution in [0.2, 0.25) is 0 Å². The number of hydrogen-bond donors (Lipinski definition) is 2. The summed E-state index contributed by atoms with van der Waals surface area (Å²) in [5.74, 6) is -1.28. The summed E-state index contributed by atoms with van der Waals surface area (Å²) in [5, 5.41) is 20.8. The molecule has 0 spiro atoms. The molecule has 0 aliphatic heterocycles. The fourth-order valence-corrected chi connectivity index (χ4v) is 4.42. The number of aliphatic carboxylic acids is 1. The summed E-state index contributed by atoms with van der Waals surface area (Å²) in [6.45, 7) is 1.96. The molecule has 0 radical (unpaired) electrons. The van der Waals surface area contributed by atoms with Crippen molar-refractivity contribution >= 4 is 22.7 Å². The number of Topliss-reactive ketones (excluding diaryl/α,β-unsaturated/α-hetero) is 1. The first-order chi connectivity index (χ1) is 15.8. The first-order valence-corrected chi connectivity index (χ1v) is 11.5. The molecule has 3 aromatic rings. The van der Waals surface area contributed by atoms with E-state index in [1.807, 2.05) is 36.7 Å². The lowest BCUT2D eigenvalue weighted by molar-refractivity contribution is -0.137. The SMILES string of the molecule is Cc1ccc2c(c1)c(C(=O)CCCC(=O)O)c(C(O)CCCCCc1ccc(F)cc1)n2C. The predicted molar refractivity (Wildman–Crippen MR) is 127 cm³/mol. The van der Waals surface area contributed by atoms with Gasteiger partial charge in [-0.3, -0.25) is 9.59 Å². The number of aryl methyl sites for hydroxylation is 3. The van der Waals surface area contributed by atoms with Gasteiger partial charge in [-0.05, 0) is 62.4 Å². The van der Waals surface area contributed by atoms with Gasteiger partial charge in [0.05, 0.1) is 11.8 Å². The minimum Gasteiger partial charge on any atom is -0.481 e. The number of hydrogen-bond acceptors (Lipinski definition) is 3. The number of ketones is 1. The van der Waals surface area contributed by atoms with Gasteiger partial charge in [0.15, 0.2) is 5.78 Å². The highest BCUT2D eigenvalue weighted by molar-refractivity contribution is 6.09. The van der Waals surface area contributed by atoms with Gasteiger partial charge in [-0.2, -0.15) is 0 Å². The molecule has 5 nitrogen and oxygen atoms in total. The molecule has 0 amide bonds. The van der Waals surface area contributed by atoms with Gasteiger partial charge in [-0.1, -0.05) is 36.6 Å². The number of aromatic nitrogens is 1. The van der Waals surface area contributed by atoms with E-state index in [0.717, 1.165) is 47.7 Å². The molecule has 0 saturated heterocycles. The molecule has 0 fully saturated rings. The van der Waals surface area contributed by atoms with Gasteiger partial charge in [0.2, 0.25) is 0 Å². The third-order valence-electron chi connectivity index (χ3n) is 6.15. The van der Waals surface area contributed by atoms with Crippen LogP contribution in [0.4, 0.5) is 4.39 Å². The van der Waals surface area contributed by atoms with Crippen LogP contribution in [-0.2, 0) is 18.3 Å². The Morgan fingerprint density at radius 2 is 1.73 bits per heavy atom. The van der Waals surface area contributed by atoms with Crippen LogP contribution < -0.4 is 0 Å². The Hall–Kier alpha value is -2.99. The second-order valence-electron chi connectivity index (χ2n) is 8.75. The Labute approximate surface area is 193 Å². The van der Waals surface area contributed by atoms with E-state index in [2.05, 4.69) is 0 Å². The average Bonchev–Trinajstić information content (AvgIpc) is 3.06. The summed E-state index contributed by atoms with van der Waals surface area (Å²) in [4.78, 5) is 24.0. The summed E-state index contributed by atoms with van der Waals surface area (Å²) in [6, 6.07) is 12.4. The lowest BCUT2D eigenvalue weighted by atomic mass is 9.96. The summed E-state index contributed by atoms with van der Waals surface area (Å²) in [5.41, 5.74) is 4.12. The van der Waals surface area contributed by atoms with E-state index < -0.39 is 12.1 Å². The third-order valence-corrected chi connectivity index (χ3v) is 6.15. The number of unbranched alkanes of at least 4 members (excludes halogenated alkanes) is 2. The molecule has 2 N–H and O–H groups in total. The number of halogens is 1. The van der Waals surface area contributed by atoms with Gasteiger partial charge in [0.1, 0.15) is 5.82 Å². The van der Waals surface area contributed by atoms with Crippen molar-refractivity contribution in [2.24, 2.45) is 7.05 Å². The number of fused-ring (bicyclic) bond motifs is 1. The second kappa shape index (κ2) is 11.2. The van der Waals surface area contributed by atoms with Crippen molar-refractivity contribution in [2.45, 2.75) is 64.4 Å². The lowest BCUT2D eigenvalue weighted by Crippen LogP contribution is -2.11. The van der Waals surface area contributed by atoms with E-state index in [1.54, 1.807) is 12.1 Å². The van der Waals surface area contributed by atoms with Crippen molar-refractivity contribution in [1.82, 2.24) is 4.57 Å². The summed E-state index contributed by atoms with van der Waals surface area (Å²) < 4.78 is 14.9. The number of aliphatic hydroxyl groups is 1.